The molecule has 0 N–H and O–H groups in total. The summed E-state index contributed by atoms with van der Waals surface area (Å²) in [4.78, 5) is 21.5. The predicted molar refractivity (Wildman–Crippen MR) is 64.2 cm³/mol. The normalized spacial score (nSPS) is 21.1. The van der Waals surface area contributed by atoms with Crippen molar-refractivity contribution in [3.63, 3.8) is 0 Å². The van der Waals surface area contributed by atoms with Crippen molar-refractivity contribution in [2.45, 2.75) is 18.6 Å². The van der Waals surface area contributed by atoms with Gasteiger partial charge in [0.1, 0.15) is 0 Å². The molecule has 1 unspecified atom stereocenters. The molecule has 1 saturated heterocycles. The molecule has 0 saturated carbocycles. The second kappa shape index (κ2) is 4.09. The van der Waals surface area contributed by atoms with E-state index in [-0.39, 0.29) is 11.2 Å². The summed E-state index contributed by atoms with van der Waals surface area (Å²) in [7, 11) is 0. The maximum atomic E-state index is 11.6. The van der Waals surface area contributed by atoms with Crippen LogP contribution >= 0.6 is 28.6 Å². The number of rotatable bonds is 1. The highest BCUT2D eigenvalue weighted by atomic mass is 79.9. The lowest BCUT2D eigenvalue weighted by atomic mass is 10.4. The van der Waals surface area contributed by atoms with Gasteiger partial charge in [0.25, 0.3) is 0 Å². The van der Waals surface area contributed by atoms with Gasteiger partial charge in [-0.2, -0.15) is 12.6 Å². The van der Waals surface area contributed by atoms with Crippen LogP contribution in [0, 0.1) is 6.92 Å². The molecule has 4 nitrogen and oxygen atoms in total. The molecule has 0 aliphatic carbocycles. The van der Waals surface area contributed by atoms with Crippen LogP contribution in [0.25, 0.3) is 0 Å². The fourth-order valence-electron chi connectivity index (χ4n) is 1.45. The second-order valence-electron chi connectivity index (χ2n) is 3.47. The standard InChI is InChI=1S/C9H10BrN3OS/c1-5-7(10)3-11-9(12-5)13-4-6(15)2-8(13)14/h3,6,15H,2,4H2,1H3. The van der Waals surface area contributed by atoms with E-state index in [0.717, 1.165) is 10.2 Å². The minimum Gasteiger partial charge on any atom is -0.280 e. The van der Waals surface area contributed by atoms with Crippen LogP contribution < -0.4 is 4.90 Å². The number of nitrogens with zero attached hydrogens (tertiary/aromatic N) is 3. The molecule has 0 aromatic carbocycles. The van der Waals surface area contributed by atoms with Gasteiger partial charge < -0.3 is 0 Å². The van der Waals surface area contributed by atoms with Crippen molar-refractivity contribution < 1.29 is 4.79 Å². The van der Waals surface area contributed by atoms with E-state index in [9.17, 15) is 4.79 Å². The van der Waals surface area contributed by atoms with E-state index >= 15 is 0 Å². The van der Waals surface area contributed by atoms with Crippen LogP contribution in [0.4, 0.5) is 5.95 Å². The molecule has 1 aromatic heterocycles. The molecule has 1 atom stereocenters. The van der Waals surface area contributed by atoms with Gasteiger partial charge in [0.15, 0.2) is 0 Å². The first-order chi connectivity index (χ1) is 7.08. The Morgan fingerprint density at radius 3 is 2.93 bits per heavy atom. The number of anilines is 1. The lowest BCUT2D eigenvalue weighted by Gasteiger charge is -2.13. The highest BCUT2D eigenvalue weighted by Gasteiger charge is 2.30. The molecule has 0 radical (unpaired) electrons. The third kappa shape index (κ3) is 2.15. The summed E-state index contributed by atoms with van der Waals surface area (Å²) in [5.74, 6) is 0.508. The Labute approximate surface area is 102 Å². The van der Waals surface area contributed by atoms with Gasteiger partial charge in [0.05, 0.1) is 10.2 Å². The fourth-order valence-corrected chi connectivity index (χ4v) is 1.96. The maximum Gasteiger partial charge on any atom is 0.232 e. The Morgan fingerprint density at radius 1 is 1.67 bits per heavy atom. The van der Waals surface area contributed by atoms with Crippen molar-refractivity contribution in [2.75, 3.05) is 11.4 Å². The highest BCUT2D eigenvalue weighted by Crippen LogP contribution is 2.22. The molecular formula is C9H10BrN3OS. The highest BCUT2D eigenvalue weighted by molar-refractivity contribution is 9.10. The van der Waals surface area contributed by atoms with E-state index in [4.69, 9.17) is 0 Å². The number of carbonyl (C=O) groups excluding carboxylic acids is 1. The summed E-state index contributed by atoms with van der Waals surface area (Å²) in [5.41, 5.74) is 0.829. The Hall–Kier alpha value is -0.620. The molecule has 0 spiro atoms. The summed E-state index contributed by atoms with van der Waals surface area (Å²) in [6.45, 7) is 2.46. The quantitative estimate of drug-likeness (QED) is 0.798. The van der Waals surface area contributed by atoms with Crippen LogP contribution in [0.3, 0.4) is 0 Å². The summed E-state index contributed by atoms with van der Waals surface area (Å²) < 4.78 is 0.848. The van der Waals surface area contributed by atoms with Gasteiger partial charge in [0, 0.05) is 24.4 Å². The number of thiol groups is 1. The van der Waals surface area contributed by atoms with Gasteiger partial charge in [-0.15, -0.1) is 0 Å². The molecule has 1 fully saturated rings. The first-order valence-corrected chi connectivity index (χ1v) is 5.86. The smallest absolute Gasteiger partial charge is 0.232 e. The summed E-state index contributed by atoms with van der Waals surface area (Å²) in [6.07, 6.45) is 2.12. The first-order valence-electron chi connectivity index (χ1n) is 4.55. The topological polar surface area (TPSA) is 46.1 Å². The summed E-state index contributed by atoms with van der Waals surface area (Å²) in [6, 6.07) is 0. The molecule has 2 rings (SSSR count). The zero-order valence-corrected chi connectivity index (χ0v) is 10.6. The monoisotopic (exact) mass is 287 g/mol. The fraction of sp³-hybridized carbons (Fsp3) is 0.444. The average Bonchev–Trinajstić information content (AvgIpc) is 2.50. The van der Waals surface area contributed by atoms with Crippen molar-refractivity contribution in [3.8, 4) is 0 Å². The van der Waals surface area contributed by atoms with Gasteiger partial charge in [0.2, 0.25) is 11.9 Å². The van der Waals surface area contributed by atoms with Crippen LogP contribution in [-0.2, 0) is 4.79 Å². The number of aromatic nitrogens is 2. The average molecular weight is 288 g/mol. The minimum absolute atomic E-state index is 0.0386. The minimum atomic E-state index is 0.0386. The molecule has 80 valence electrons. The Bertz CT molecular complexity index is 412. The summed E-state index contributed by atoms with van der Waals surface area (Å²) >= 11 is 7.60. The van der Waals surface area contributed by atoms with Gasteiger partial charge in [-0.25, -0.2) is 9.97 Å². The van der Waals surface area contributed by atoms with Crippen LogP contribution in [0.5, 0.6) is 0 Å². The van der Waals surface area contributed by atoms with Crippen LogP contribution in [0.15, 0.2) is 10.7 Å². The van der Waals surface area contributed by atoms with E-state index < -0.39 is 0 Å². The van der Waals surface area contributed by atoms with E-state index in [2.05, 4.69) is 38.5 Å². The summed E-state index contributed by atoms with van der Waals surface area (Å²) in [5, 5.41) is 0.0880. The van der Waals surface area contributed by atoms with E-state index in [1.54, 1.807) is 11.1 Å². The van der Waals surface area contributed by atoms with Crippen LogP contribution in [0.1, 0.15) is 12.1 Å². The Balaban J connectivity index is 2.30. The molecule has 15 heavy (non-hydrogen) atoms. The molecule has 1 aromatic rings. The van der Waals surface area contributed by atoms with Crippen molar-refractivity contribution >= 4 is 40.4 Å². The third-order valence-corrected chi connectivity index (χ3v) is 3.38. The van der Waals surface area contributed by atoms with Gasteiger partial charge in [-0.05, 0) is 22.9 Å². The zero-order valence-electron chi connectivity index (χ0n) is 8.14. The van der Waals surface area contributed by atoms with Gasteiger partial charge in [-0.1, -0.05) is 0 Å². The second-order valence-corrected chi connectivity index (χ2v) is 5.05. The SMILES string of the molecule is Cc1nc(N2CC(S)CC2=O)ncc1Br. The molecule has 1 aliphatic heterocycles. The van der Waals surface area contributed by atoms with Gasteiger partial charge in [-0.3, -0.25) is 9.69 Å². The third-order valence-electron chi connectivity index (χ3n) is 2.25. The Kier molecular flexibility index (Phi) is 2.97. The van der Waals surface area contributed by atoms with E-state index in [0.29, 0.717) is 18.9 Å². The predicted octanol–water partition coefficient (Wildman–Crippen LogP) is 1.58. The molecule has 2 heterocycles. The van der Waals surface area contributed by atoms with Crippen molar-refractivity contribution in [2.24, 2.45) is 0 Å². The van der Waals surface area contributed by atoms with Crippen molar-refractivity contribution in [3.05, 3.63) is 16.4 Å². The maximum absolute atomic E-state index is 11.6. The number of hydrogen-bond donors (Lipinski definition) is 1. The number of carbonyl (C=O) groups is 1. The molecule has 1 amide bonds. The Morgan fingerprint density at radius 2 is 2.40 bits per heavy atom. The van der Waals surface area contributed by atoms with Crippen LogP contribution in [-0.4, -0.2) is 27.7 Å². The lowest BCUT2D eigenvalue weighted by Crippen LogP contribution is -2.26. The lowest BCUT2D eigenvalue weighted by molar-refractivity contribution is -0.117. The molecule has 6 heteroatoms. The zero-order chi connectivity index (χ0) is 11.0. The molecular weight excluding hydrogens is 278 g/mol. The number of halogens is 1. The van der Waals surface area contributed by atoms with E-state index in [1.165, 1.54) is 0 Å². The van der Waals surface area contributed by atoms with Gasteiger partial charge >= 0.3 is 0 Å². The van der Waals surface area contributed by atoms with Crippen molar-refractivity contribution in [1.82, 2.24) is 9.97 Å². The van der Waals surface area contributed by atoms with Crippen molar-refractivity contribution in [1.29, 1.82) is 0 Å². The number of aryl methyl sites for hydroxylation is 1. The molecule has 0 bridgehead atoms. The first kappa shape index (κ1) is 10.9. The van der Waals surface area contributed by atoms with E-state index in [1.807, 2.05) is 6.92 Å². The number of amides is 1. The molecule has 1 aliphatic rings. The number of hydrogen-bond acceptors (Lipinski definition) is 4. The van der Waals surface area contributed by atoms with Crippen LogP contribution in [0.2, 0.25) is 0 Å². The largest absolute Gasteiger partial charge is 0.280 e.